The molecule has 0 aliphatic carbocycles. The lowest BCUT2D eigenvalue weighted by molar-refractivity contribution is 0.153. The minimum atomic E-state index is -2.61. The van der Waals surface area contributed by atoms with Gasteiger partial charge in [0.05, 0.1) is 16.8 Å². The number of alkyl halides is 2. The summed E-state index contributed by atoms with van der Waals surface area (Å²) in [6.45, 7) is 5.79. The predicted molar refractivity (Wildman–Crippen MR) is 89.2 cm³/mol. The largest absolute Gasteiger partial charge is 0.454 e. The van der Waals surface area contributed by atoms with Crippen LogP contribution in [0.1, 0.15) is 37.6 Å². The molecule has 3 heterocycles. The fourth-order valence-corrected chi connectivity index (χ4v) is 3.08. The molecule has 7 heteroatoms. The van der Waals surface area contributed by atoms with Crippen LogP contribution in [0.5, 0.6) is 11.5 Å². The molecular formula is C18H17F2N3O2. The third-order valence-corrected chi connectivity index (χ3v) is 4.26. The first-order valence-electron chi connectivity index (χ1n) is 8.03. The molecule has 0 spiro atoms. The second kappa shape index (κ2) is 5.68. The number of aromatic nitrogens is 3. The molecule has 0 fully saturated rings. The van der Waals surface area contributed by atoms with Gasteiger partial charge in [-0.05, 0) is 45.0 Å². The SMILES string of the molecule is Cc1nn(C(C)C)c2nc(-c3ccc4c(c3)OCO4)cc(C(F)F)c12. The van der Waals surface area contributed by atoms with Gasteiger partial charge in [0, 0.05) is 17.2 Å². The van der Waals surface area contributed by atoms with Gasteiger partial charge in [-0.1, -0.05) is 0 Å². The number of halogens is 2. The van der Waals surface area contributed by atoms with Crippen LogP contribution in [0.3, 0.4) is 0 Å². The third-order valence-electron chi connectivity index (χ3n) is 4.26. The van der Waals surface area contributed by atoms with Gasteiger partial charge < -0.3 is 9.47 Å². The molecule has 5 nitrogen and oxygen atoms in total. The fourth-order valence-electron chi connectivity index (χ4n) is 3.08. The zero-order valence-corrected chi connectivity index (χ0v) is 14.1. The molecule has 0 atom stereocenters. The van der Waals surface area contributed by atoms with E-state index in [4.69, 9.17) is 9.47 Å². The second-order valence-corrected chi connectivity index (χ2v) is 6.29. The maximum Gasteiger partial charge on any atom is 0.264 e. The third kappa shape index (κ3) is 2.50. The van der Waals surface area contributed by atoms with Crippen molar-refractivity contribution >= 4 is 11.0 Å². The lowest BCUT2D eigenvalue weighted by atomic mass is 10.1. The Morgan fingerprint density at radius 1 is 1.12 bits per heavy atom. The minimum Gasteiger partial charge on any atom is -0.454 e. The Morgan fingerprint density at radius 3 is 2.60 bits per heavy atom. The van der Waals surface area contributed by atoms with Crippen LogP contribution in [0.4, 0.5) is 8.78 Å². The molecular weight excluding hydrogens is 328 g/mol. The van der Waals surface area contributed by atoms with Gasteiger partial charge in [0.1, 0.15) is 0 Å². The first-order chi connectivity index (χ1) is 12.0. The molecule has 130 valence electrons. The van der Waals surface area contributed by atoms with Gasteiger partial charge in [0.2, 0.25) is 6.79 Å². The molecule has 0 saturated heterocycles. The van der Waals surface area contributed by atoms with Gasteiger partial charge in [0.15, 0.2) is 17.1 Å². The molecule has 1 aliphatic rings. The molecule has 1 aromatic carbocycles. The van der Waals surface area contributed by atoms with Crippen LogP contribution in [0.2, 0.25) is 0 Å². The average Bonchev–Trinajstić information content (AvgIpc) is 3.17. The highest BCUT2D eigenvalue weighted by Crippen LogP contribution is 2.38. The summed E-state index contributed by atoms with van der Waals surface area (Å²) in [6.07, 6.45) is -2.61. The van der Waals surface area contributed by atoms with Crippen LogP contribution in [-0.2, 0) is 0 Å². The maximum absolute atomic E-state index is 13.7. The Kier molecular flexibility index (Phi) is 3.59. The van der Waals surface area contributed by atoms with Crippen LogP contribution in [0.25, 0.3) is 22.3 Å². The Labute approximate surface area is 143 Å². The number of aryl methyl sites for hydroxylation is 1. The van der Waals surface area contributed by atoms with Crippen molar-refractivity contribution in [2.75, 3.05) is 6.79 Å². The standard InChI is InChI=1S/C18H17F2N3O2/c1-9(2)23-18-16(10(3)22-23)12(17(19)20)7-13(21-18)11-4-5-14-15(6-11)25-8-24-14/h4-7,9,17H,8H2,1-3H3. The van der Waals surface area contributed by atoms with E-state index in [0.717, 1.165) is 0 Å². The van der Waals surface area contributed by atoms with Gasteiger partial charge in [-0.15, -0.1) is 0 Å². The van der Waals surface area contributed by atoms with Crippen molar-refractivity contribution in [3.05, 3.63) is 35.5 Å². The molecule has 0 saturated carbocycles. The lowest BCUT2D eigenvalue weighted by Crippen LogP contribution is -2.04. The molecule has 25 heavy (non-hydrogen) atoms. The van der Waals surface area contributed by atoms with Crippen molar-refractivity contribution in [2.24, 2.45) is 0 Å². The Morgan fingerprint density at radius 2 is 1.88 bits per heavy atom. The lowest BCUT2D eigenvalue weighted by Gasteiger charge is -2.10. The predicted octanol–water partition coefficient (Wildman–Crippen LogP) is 4.65. The number of hydrogen-bond donors (Lipinski definition) is 0. The summed E-state index contributed by atoms with van der Waals surface area (Å²) < 4.78 is 39.7. The van der Waals surface area contributed by atoms with Crippen LogP contribution in [0.15, 0.2) is 24.3 Å². The van der Waals surface area contributed by atoms with Gasteiger partial charge in [-0.3, -0.25) is 0 Å². The smallest absolute Gasteiger partial charge is 0.264 e. The fraction of sp³-hybridized carbons (Fsp3) is 0.333. The van der Waals surface area contributed by atoms with E-state index in [1.54, 1.807) is 29.8 Å². The number of hydrogen-bond acceptors (Lipinski definition) is 4. The highest BCUT2D eigenvalue weighted by molar-refractivity contribution is 5.85. The average molecular weight is 345 g/mol. The molecule has 4 rings (SSSR count). The van der Waals surface area contributed by atoms with E-state index in [-0.39, 0.29) is 18.4 Å². The topological polar surface area (TPSA) is 49.2 Å². The number of ether oxygens (including phenoxy) is 2. The first kappa shape index (κ1) is 15.8. The minimum absolute atomic E-state index is 0.0150. The number of pyridine rings is 1. The zero-order chi connectivity index (χ0) is 17.7. The molecule has 0 amide bonds. The quantitative estimate of drug-likeness (QED) is 0.693. The van der Waals surface area contributed by atoms with E-state index in [9.17, 15) is 8.78 Å². The van der Waals surface area contributed by atoms with Gasteiger partial charge >= 0.3 is 0 Å². The number of nitrogens with zero attached hydrogens (tertiary/aromatic N) is 3. The van der Waals surface area contributed by atoms with E-state index < -0.39 is 6.43 Å². The van der Waals surface area contributed by atoms with Crippen LogP contribution in [0, 0.1) is 6.92 Å². The summed E-state index contributed by atoms with van der Waals surface area (Å²) in [6, 6.07) is 6.76. The van der Waals surface area contributed by atoms with E-state index in [1.165, 1.54) is 6.07 Å². The molecule has 1 aliphatic heterocycles. The van der Waals surface area contributed by atoms with Gasteiger partial charge in [-0.25, -0.2) is 18.4 Å². The monoisotopic (exact) mass is 345 g/mol. The van der Waals surface area contributed by atoms with Crippen LogP contribution >= 0.6 is 0 Å². The van der Waals surface area contributed by atoms with Crippen molar-refractivity contribution in [2.45, 2.75) is 33.2 Å². The van der Waals surface area contributed by atoms with Crippen LogP contribution in [-0.4, -0.2) is 21.6 Å². The maximum atomic E-state index is 13.7. The van der Waals surface area contributed by atoms with E-state index in [1.807, 2.05) is 13.8 Å². The van der Waals surface area contributed by atoms with Crippen LogP contribution < -0.4 is 9.47 Å². The molecule has 0 bridgehead atoms. The van der Waals surface area contributed by atoms with Gasteiger partial charge in [0.25, 0.3) is 6.43 Å². The van der Waals surface area contributed by atoms with Crippen molar-refractivity contribution in [1.82, 2.24) is 14.8 Å². The normalized spacial score (nSPS) is 13.4. The summed E-state index contributed by atoms with van der Waals surface area (Å²) in [5.74, 6) is 1.23. The summed E-state index contributed by atoms with van der Waals surface area (Å²) in [5, 5.41) is 4.83. The molecule has 0 unspecified atom stereocenters. The number of benzene rings is 1. The summed E-state index contributed by atoms with van der Waals surface area (Å²) in [5.41, 5.74) is 2.13. The Bertz CT molecular complexity index is 967. The molecule has 2 aromatic heterocycles. The molecule has 0 N–H and O–H groups in total. The van der Waals surface area contributed by atoms with Crippen molar-refractivity contribution < 1.29 is 18.3 Å². The summed E-state index contributed by atoms with van der Waals surface area (Å²) >= 11 is 0. The first-order valence-corrected chi connectivity index (χ1v) is 8.03. The number of rotatable bonds is 3. The van der Waals surface area contributed by atoms with E-state index in [2.05, 4.69) is 10.1 Å². The Balaban J connectivity index is 1.97. The second-order valence-electron chi connectivity index (χ2n) is 6.29. The molecule has 3 aromatic rings. The van der Waals surface area contributed by atoms with Crippen molar-refractivity contribution in [3.8, 4) is 22.8 Å². The summed E-state index contributed by atoms with van der Waals surface area (Å²) in [7, 11) is 0. The van der Waals surface area contributed by atoms with E-state index in [0.29, 0.717) is 39.5 Å². The Hall–Kier alpha value is -2.70. The van der Waals surface area contributed by atoms with Gasteiger partial charge in [-0.2, -0.15) is 5.10 Å². The van der Waals surface area contributed by atoms with E-state index >= 15 is 0 Å². The van der Waals surface area contributed by atoms with Crippen molar-refractivity contribution in [3.63, 3.8) is 0 Å². The highest BCUT2D eigenvalue weighted by atomic mass is 19.3. The molecule has 0 radical (unpaired) electrons. The van der Waals surface area contributed by atoms with Crippen molar-refractivity contribution in [1.29, 1.82) is 0 Å². The number of fused-ring (bicyclic) bond motifs is 2. The zero-order valence-electron chi connectivity index (χ0n) is 14.1. The summed E-state index contributed by atoms with van der Waals surface area (Å²) in [4.78, 5) is 4.63. The highest BCUT2D eigenvalue weighted by Gasteiger charge is 2.22.